The van der Waals surface area contributed by atoms with Crippen molar-refractivity contribution < 1.29 is 13.9 Å². The van der Waals surface area contributed by atoms with Gasteiger partial charge in [-0.1, -0.05) is 0 Å². The predicted octanol–water partition coefficient (Wildman–Crippen LogP) is 2.48. The molecule has 4 heterocycles. The lowest BCUT2D eigenvalue weighted by Crippen LogP contribution is -2.60. The smallest absolute Gasteiger partial charge is 0.263 e. The lowest BCUT2D eigenvalue weighted by molar-refractivity contribution is 0.0497. The average molecular weight is 439 g/mol. The monoisotopic (exact) mass is 438 g/mol. The van der Waals surface area contributed by atoms with Gasteiger partial charge in [0.05, 0.1) is 12.1 Å². The number of aromatic amines is 1. The molecule has 2 aromatic rings. The van der Waals surface area contributed by atoms with Crippen molar-refractivity contribution in [3.8, 4) is 5.75 Å². The number of ether oxygens (including phenoxy) is 2. The highest BCUT2D eigenvalue weighted by Gasteiger charge is 2.44. The fourth-order valence-corrected chi connectivity index (χ4v) is 4.73. The number of anilines is 1. The summed E-state index contributed by atoms with van der Waals surface area (Å²) in [5.74, 6) is 0.757. The maximum Gasteiger partial charge on any atom is 0.263 e. The molecule has 0 bridgehead atoms. The van der Waals surface area contributed by atoms with Gasteiger partial charge >= 0.3 is 0 Å². The van der Waals surface area contributed by atoms with Gasteiger partial charge < -0.3 is 19.7 Å². The third-order valence-electron chi connectivity index (χ3n) is 6.56. The number of hydrogen-bond acceptors (Lipinski definition) is 6. The Kier molecular flexibility index (Phi) is 6.18. The van der Waals surface area contributed by atoms with Crippen molar-refractivity contribution in [3.63, 3.8) is 0 Å². The van der Waals surface area contributed by atoms with Gasteiger partial charge in [-0.3, -0.25) is 9.78 Å². The third-order valence-corrected chi connectivity index (χ3v) is 6.56. The van der Waals surface area contributed by atoms with Crippen molar-refractivity contribution in [2.45, 2.75) is 25.7 Å². The molecule has 0 aliphatic carbocycles. The third kappa shape index (κ3) is 4.13. The number of aromatic nitrogens is 2. The maximum atomic E-state index is 14.6. The number of nitrogens with zero attached hydrogens (tertiary/aromatic N) is 2. The first-order chi connectivity index (χ1) is 14.1. The second-order valence-electron chi connectivity index (χ2n) is 8.66. The van der Waals surface area contributed by atoms with E-state index in [9.17, 15) is 9.18 Å². The molecule has 0 atom stereocenters. The van der Waals surface area contributed by atoms with Gasteiger partial charge in [0.25, 0.3) is 5.56 Å². The van der Waals surface area contributed by atoms with E-state index in [0.717, 1.165) is 65.1 Å². The normalized spacial score (nSPS) is 21.3. The van der Waals surface area contributed by atoms with E-state index >= 15 is 0 Å². The molecule has 2 N–H and O–H groups in total. The van der Waals surface area contributed by atoms with Gasteiger partial charge in [0.1, 0.15) is 17.0 Å². The summed E-state index contributed by atoms with van der Waals surface area (Å²) in [7, 11) is 0. The Bertz CT molecular complexity index is 949. The molecule has 3 fully saturated rings. The second-order valence-corrected chi connectivity index (χ2v) is 8.66. The van der Waals surface area contributed by atoms with Crippen LogP contribution in [0.3, 0.4) is 0 Å². The van der Waals surface area contributed by atoms with Gasteiger partial charge in [0, 0.05) is 43.9 Å². The van der Waals surface area contributed by atoms with Crippen molar-refractivity contribution in [1.29, 1.82) is 0 Å². The molecular weight excluding hydrogens is 411 g/mol. The number of fused-ring (bicyclic) bond motifs is 1. The summed E-state index contributed by atoms with van der Waals surface area (Å²) in [6, 6.07) is 2.96. The summed E-state index contributed by atoms with van der Waals surface area (Å²) in [6.45, 7) is 5.84. The molecule has 0 amide bonds. The van der Waals surface area contributed by atoms with Crippen LogP contribution < -0.4 is 20.5 Å². The van der Waals surface area contributed by atoms with Crippen LogP contribution in [0.2, 0.25) is 0 Å². The van der Waals surface area contributed by atoms with Gasteiger partial charge in [0.15, 0.2) is 0 Å². The first-order valence-electron chi connectivity index (χ1n) is 10.5. The van der Waals surface area contributed by atoms with Crippen LogP contribution >= 0.6 is 12.4 Å². The molecule has 0 saturated carbocycles. The number of nitrogens with one attached hydrogen (secondary N) is 2. The zero-order chi connectivity index (χ0) is 19.8. The van der Waals surface area contributed by atoms with Crippen molar-refractivity contribution >= 4 is 29.3 Å². The van der Waals surface area contributed by atoms with Crippen LogP contribution in [0.4, 0.5) is 10.3 Å². The highest BCUT2D eigenvalue weighted by atomic mass is 35.5. The number of piperidine rings is 1. The van der Waals surface area contributed by atoms with Gasteiger partial charge in [-0.2, -0.15) is 0 Å². The minimum absolute atomic E-state index is 0. The molecule has 164 valence electrons. The summed E-state index contributed by atoms with van der Waals surface area (Å²) >= 11 is 0. The molecule has 1 spiro atoms. The summed E-state index contributed by atoms with van der Waals surface area (Å²) in [5, 5.41) is 3.38. The summed E-state index contributed by atoms with van der Waals surface area (Å²) < 4.78 is 25.8. The SMILES string of the molecule is Cl.O=c1[nH]c(N2CC3(CCNCC3)C2)nc2cc(OCC3CCOCC3)cc(F)c12. The Morgan fingerprint density at radius 1 is 1.23 bits per heavy atom. The van der Waals surface area contributed by atoms with Gasteiger partial charge in [-0.05, 0) is 44.7 Å². The molecule has 3 aliphatic rings. The molecule has 0 radical (unpaired) electrons. The Morgan fingerprint density at radius 2 is 1.97 bits per heavy atom. The minimum Gasteiger partial charge on any atom is -0.493 e. The van der Waals surface area contributed by atoms with Gasteiger partial charge in [-0.15, -0.1) is 12.4 Å². The fourth-order valence-electron chi connectivity index (χ4n) is 4.73. The molecule has 1 aromatic heterocycles. The van der Waals surface area contributed by atoms with Crippen LogP contribution in [0, 0.1) is 17.2 Å². The molecule has 9 heteroatoms. The van der Waals surface area contributed by atoms with E-state index in [0.29, 0.717) is 35.2 Å². The zero-order valence-electron chi connectivity index (χ0n) is 16.9. The van der Waals surface area contributed by atoms with E-state index in [1.165, 1.54) is 6.07 Å². The Balaban J connectivity index is 0.00000218. The summed E-state index contributed by atoms with van der Waals surface area (Å²) in [5.41, 5.74) is 0.223. The molecular formula is C21H28ClFN4O3. The molecule has 1 aromatic carbocycles. The molecule has 0 unspecified atom stereocenters. The quantitative estimate of drug-likeness (QED) is 0.763. The molecule has 7 nitrogen and oxygen atoms in total. The van der Waals surface area contributed by atoms with Crippen molar-refractivity contribution in [2.24, 2.45) is 11.3 Å². The highest BCUT2D eigenvalue weighted by molar-refractivity contribution is 5.85. The number of benzene rings is 1. The molecule has 3 saturated heterocycles. The Hall–Kier alpha value is -1.90. The van der Waals surface area contributed by atoms with E-state index in [4.69, 9.17) is 9.47 Å². The number of hydrogen-bond donors (Lipinski definition) is 2. The van der Waals surface area contributed by atoms with E-state index in [1.807, 2.05) is 0 Å². The standard InChI is InChI=1S/C21H27FN4O3.ClH/c22-16-9-15(29-11-14-1-7-28-8-2-14)10-17-18(16)19(27)25-20(24-17)26-12-21(13-26)3-5-23-6-4-21;/h9-10,14,23H,1-8,11-13H2,(H,24,25,27);1H. The van der Waals surface area contributed by atoms with Crippen molar-refractivity contribution in [3.05, 3.63) is 28.3 Å². The van der Waals surface area contributed by atoms with Crippen molar-refractivity contribution in [1.82, 2.24) is 15.3 Å². The maximum absolute atomic E-state index is 14.6. The number of H-pyrrole nitrogens is 1. The van der Waals surface area contributed by atoms with E-state index in [1.54, 1.807) is 6.07 Å². The van der Waals surface area contributed by atoms with Gasteiger partial charge in [0.2, 0.25) is 5.95 Å². The van der Waals surface area contributed by atoms with Crippen molar-refractivity contribution in [2.75, 3.05) is 50.9 Å². The summed E-state index contributed by atoms with van der Waals surface area (Å²) in [6.07, 6.45) is 4.18. The minimum atomic E-state index is -0.594. The van der Waals surface area contributed by atoms with E-state index in [-0.39, 0.29) is 17.8 Å². The first-order valence-corrected chi connectivity index (χ1v) is 10.5. The zero-order valence-corrected chi connectivity index (χ0v) is 17.7. The lowest BCUT2D eigenvalue weighted by atomic mass is 9.72. The molecule has 5 rings (SSSR count). The Labute approximate surface area is 180 Å². The van der Waals surface area contributed by atoms with Crippen LogP contribution in [-0.2, 0) is 4.74 Å². The summed E-state index contributed by atoms with van der Waals surface area (Å²) in [4.78, 5) is 21.9. The van der Waals surface area contributed by atoms with Crippen LogP contribution in [-0.4, -0.2) is 56.0 Å². The fraction of sp³-hybridized carbons (Fsp3) is 0.619. The first kappa shape index (κ1) is 21.3. The predicted molar refractivity (Wildman–Crippen MR) is 115 cm³/mol. The van der Waals surface area contributed by atoms with Crippen LogP contribution in [0.25, 0.3) is 10.9 Å². The van der Waals surface area contributed by atoms with Crippen LogP contribution in [0.1, 0.15) is 25.7 Å². The highest BCUT2D eigenvalue weighted by Crippen LogP contribution is 2.40. The van der Waals surface area contributed by atoms with Crippen LogP contribution in [0.5, 0.6) is 5.75 Å². The topological polar surface area (TPSA) is 79.5 Å². The second kappa shape index (κ2) is 8.69. The van der Waals surface area contributed by atoms with Gasteiger partial charge in [-0.25, -0.2) is 9.37 Å². The molecule has 30 heavy (non-hydrogen) atoms. The van der Waals surface area contributed by atoms with E-state index < -0.39 is 11.4 Å². The van der Waals surface area contributed by atoms with Crippen LogP contribution in [0.15, 0.2) is 16.9 Å². The molecule has 3 aliphatic heterocycles. The lowest BCUT2D eigenvalue weighted by Gasteiger charge is -2.52. The average Bonchev–Trinajstić information content (AvgIpc) is 2.71. The number of halogens is 2. The number of rotatable bonds is 4. The largest absolute Gasteiger partial charge is 0.493 e. The Morgan fingerprint density at radius 3 is 2.70 bits per heavy atom. The van der Waals surface area contributed by atoms with E-state index in [2.05, 4.69) is 20.2 Å².